The standard InChI is InChI=1S/C15H23NO/c1-11-8-9-14(15(10-11)17-3)16-12(2)13-6-4-5-7-13/h8-10,12-13,16H,4-7H2,1-3H3. The van der Waals surface area contributed by atoms with Crippen LogP contribution >= 0.6 is 0 Å². The number of nitrogens with one attached hydrogen (secondary N) is 1. The second-order valence-electron chi connectivity index (χ2n) is 5.18. The lowest BCUT2D eigenvalue weighted by Crippen LogP contribution is -2.24. The molecule has 2 rings (SSSR count). The fourth-order valence-electron chi connectivity index (χ4n) is 2.74. The molecule has 0 saturated heterocycles. The molecular weight excluding hydrogens is 210 g/mol. The van der Waals surface area contributed by atoms with E-state index in [2.05, 4.69) is 37.4 Å². The van der Waals surface area contributed by atoms with Gasteiger partial charge < -0.3 is 10.1 Å². The summed E-state index contributed by atoms with van der Waals surface area (Å²) in [6, 6.07) is 6.88. The second kappa shape index (κ2) is 5.44. The second-order valence-corrected chi connectivity index (χ2v) is 5.18. The summed E-state index contributed by atoms with van der Waals surface area (Å²) in [6.45, 7) is 4.38. The maximum atomic E-state index is 5.43. The van der Waals surface area contributed by atoms with Gasteiger partial charge in [-0.15, -0.1) is 0 Å². The quantitative estimate of drug-likeness (QED) is 0.849. The van der Waals surface area contributed by atoms with Gasteiger partial charge in [0.15, 0.2) is 0 Å². The monoisotopic (exact) mass is 233 g/mol. The smallest absolute Gasteiger partial charge is 0.142 e. The van der Waals surface area contributed by atoms with Crippen molar-refractivity contribution in [1.29, 1.82) is 0 Å². The van der Waals surface area contributed by atoms with E-state index in [0.29, 0.717) is 6.04 Å². The van der Waals surface area contributed by atoms with E-state index < -0.39 is 0 Å². The summed E-state index contributed by atoms with van der Waals surface area (Å²) in [4.78, 5) is 0. The predicted molar refractivity (Wildman–Crippen MR) is 72.8 cm³/mol. The molecule has 1 aliphatic carbocycles. The Balaban J connectivity index is 2.06. The van der Waals surface area contributed by atoms with Gasteiger partial charge in [0.2, 0.25) is 0 Å². The van der Waals surface area contributed by atoms with Crippen molar-refractivity contribution < 1.29 is 4.74 Å². The van der Waals surface area contributed by atoms with Gasteiger partial charge in [0.25, 0.3) is 0 Å². The number of ether oxygens (including phenoxy) is 1. The molecule has 0 aliphatic heterocycles. The Kier molecular flexibility index (Phi) is 3.93. The fraction of sp³-hybridized carbons (Fsp3) is 0.600. The summed E-state index contributed by atoms with van der Waals surface area (Å²) in [6.07, 6.45) is 5.51. The van der Waals surface area contributed by atoms with E-state index in [0.717, 1.165) is 17.4 Å². The number of rotatable bonds is 4. The van der Waals surface area contributed by atoms with Crippen molar-refractivity contribution in [3.63, 3.8) is 0 Å². The minimum atomic E-state index is 0.536. The molecule has 0 spiro atoms. The van der Waals surface area contributed by atoms with E-state index in [1.54, 1.807) is 7.11 Å². The Bertz CT molecular complexity index is 369. The Hall–Kier alpha value is -1.18. The maximum Gasteiger partial charge on any atom is 0.142 e. The highest BCUT2D eigenvalue weighted by Crippen LogP contribution is 2.32. The molecule has 2 nitrogen and oxygen atoms in total. The maximum absolute atomic E-state index is 5.43. The highest BCUT2D eigenvalue weighted by atomic mass is 16.5. The zero-order valence-electron chi connectivity index (χ0n) is 11.1. The molecule has 0 amide bonds. The Morgan fingerprint density at radius 2 is 2.00 bits per heavy atom. The predicted octanol–water partition coefficient (Wildman–Crippen LogP) is 3.99. The molecule has 0 aromatic heterocycles. The van der Waals surface area contributed by atoms with Crippen molar-refractivity contribution in [1.82, 2.24) is 0 Å². The number of hydrogen-bond donors (Lipinski definition) is 1. The highest BCUT2D eigenvalue weighted by Gasteiger charge is 2.21. The number of methoxy groups -OCH3 is 1. The number of hydrogen-bond acceptors (Lipinski definition) is 2. The average molecular weight is 233 g/mol. The summed E-state index contributed by atoms with van der Waals surface area (Å²) in [7, 11) is 1.74. The molecule has 1 atom stereocenters. The number of aryl methyl sites for hydroxylation is 1. The Morgan fingerprint density at radius 1 is 1.29 bits per heavy atom. The fourth-order valence-corrected chi connectivity index (χ4v) is 2.74. The first-order chi connectivity index (χ1) is 8.20. The normalized spacial score (nSPS) is 18.1. The highest BCUT2D eigenvalue weighted by molar-refractivity contribution is 5.58. The van der Waals surface area contributed by atoms with E-state index in [4.69, 9.17) is 4.74 Å². The molecule has 1 saturated carbocycles. The van der Waals surface area contributed by atoms with E-state index in [-0.39, 0.29) is 0 Å². The SMILES string of the molecule is COc1cc(C)ccc1NC(C)C1CCCC1. The van der Waals surface area contributed by atoms with E-state index >= 15 is 0 Å². The Morgan fingerprint density at radius 3 is 2.65 bits per heavy atom. The van der Waals surface area contributed by atoms with Crippen LogP contribution in [0.5, 0.6) is 5.75 Å². The van der Waals surface area contributed by atoms with Crippen molar-refractivity contribution in [2.24, 2.45) is 5.92 Å². The molecule has 94 valence electrons. The lowest BCUT2D eigenvalue weighted by atomic mass is 9.99. The van der Waals surface area contributed by atoms with Gasteiger partial charge in [0.05, 0.1) is 12.8 Å². The van der Waals surface area contributed by atoms with Crippen molar-refractivity contribution in [3.05, 3.63) is 23.8 Å². The number of benzene rings is 1. The summed E-state index contributed by atoms with van der Waals surface area (Å²) in [5, 5.41) is 3.61. The first kappa shape index (κ1) is 12.3. The van der Waals surface area contributed by atoms with Crippen LogP contribution in [0, 0.1) is 12.8 Å². The van der Waals surface area contributed by atoms with Crippen LogP contribution in [0.4, 0.5) is 5.69 Å². The summed E-state index contributed by atoms with van der Waals surface area (Å²) >= 11 is 0. The third kappa shape index (κ3) is 2.93. The molecule has 1 aromatic carbocycles. The molecule has 1 aromatic rings. The third-order valence-corrected chi connectivity index (χ3v) is 3.85. The van der Waals surface area contributed by atoms with Gasteiger partial charge >= 0.3 is 0 Å². The van der Waals surface area contributed by atoms with Crippen LogP contribution in [-0.2, 0) is 0 Å². The van der Waals surface area contributed by atoms with Crippen LogP contribution in [0.15, 0.2) is 18.2 Å². The molecule has 1 aliphatic rings. The summed E-state index contributed by atoms with van der Waals surface area (Å²) < 4.78 is 5.43. The first-order valence-electron chi connectivity index (χ1n) is 6.62. The van der Waals surface area contributed by atoms with Gasteiger partial charge in [-0.05, 0) is 50.3 Å². The van der Waals surface area contributed by atoms with Crippen molar-refractivity contribution in [2.75, 3.05) is 12.4 Å². The average Bonchev–Trinajstić information content (AvgIpc) is 2.85. The van der Waals surface area contributed by atoms with Crippen molar-refractivity contribution in [2.45, 2.75) is 45.6 Å². The molecule has 2 heteroatoms. The van der Waals surface area contributed by atoms with Crippen LogP contribution in [-0.4, -0.2) is 13.2 Å². The topological polar surface area (TPSA) is 21.3 Å². The molecule has 0 heterocycles. The van der Waals surface area contributed by atoms with E-state index in [9.17, 15) is 0 Å². The Labute approximate surface area is 104 Å². The molecule has 0 bridgehead atoms. The zero-order valence-corrected chi connectivity index (χ0v) is 11.1. The molecule has 1 fully saturated rings. The lowest BCUT2D eigenvalue weighted by molar-refractivity contribution is 0.413. The lowest BCUT2D eigenvalue weighted by Gasteiger charge is -2.23. The van der Waals surface area contributed by atoms with E-state index in [1.807, 2.05) is 0 Å². The zero-order chi connectivity index (χ0) is 12.3. The summed E-state index contributed by atoms with van der Waals surface area (Å²) in [5.41, 5.74) is 2.36. The minimum absolute atomic E-state index is 0.536. The van der Waals surface area contributed by atoms with Gasteiger partial charge in [0, 0.05) is 6.04 Å². The summed E-state index contributed by atoms with van der Waals surface area (Å²) in [5.74, 6) is 1.77. The largest absolute Gasteiger partial charge is 0.495 e. The van der Waals surface area contributed by atoms with Gasteiger partial charge in [-0.25, -0.2) is 0 Å². The van der Waals surface area contributed by atoms with Gasteiger partial charge in [-0.2, -0.15) is 0 Å². The van der Waals surface area contributed by atoms with Crippen molar-refractivity contribution >= 4 is 5.69 Å². The molecule has 17 heavy (non-hydrogen) atoms. The van der Waals surface area contributed by atoms with Gasteiger partial charge in [-0.1, -0.05) is 18.9 Å². The first-order valence-corrected chi connectivity index (χ1v) is 6.62. The van der Waals surface area contributed by atoms with Crippen LogP contribution in [0.3, 0.4) is 0 Å². The molecule has 1 N–H and O–H groups in total. The molecule has 1 unspecified atom stereocenters. The van der Waals surface area contributed by atoms with Gasteiger partial charge in [0.1, 0.15) is 5.75 Å². The molecular formula is C15H23NO. The van der Waals surface area contributed by atoms with Crippen LogP contribution < -0.4 is 10.1 Å². The van der Waals surface area contributed by atoms with Crippen LogP contribution in [0.1, 0.15) is 38.2 Å². The van der Waals surface area contributed by atoms with E-state index in [1.165, 1.54) is 31.2 Å². The third-order valence-electron chi connectivity index (χ3n) is 3.85. The van der Waals surface area contributed by atoms with Crippen LogP contribution in [0.2, 0.25) is 0 Å². The van der Waals surface area contributed by atoms with Gasteiger partial charge in [-0.3, -0.25) is 0 Å². The molecule has 0 radical (unpaired) electrons. The minimum Gasteiger partial charge on any atom is -0.495 e. The van der Waals surface area contributed by atoms with Crippen molar-refractivity contribution in [3.8, 4) is 5.75 Å². The van der Waals surface area contributed by atoms with Crippen LogP contribution in [0.25, 0.3) is 0 Å². The number of anilines is 1.